The van der Waals surface area contributed by atoms with Gasteiger partial charge in [0.1, 0.15) is 0 Å². The molecular weight excluding hydrogens is 230 g/mol. The Morgan fingerprint density at radius 3 is 2.56 bits per heavy atom. The number of hydrogen-bond acceptors (Lipinski definition) is 3. The Morgan fingerprint density at radius 2 is 2.06 bits per heavy atom. The Hall–Kier alpha value is -1.10. The monoisotopic (exact) mass is 253 g/mol. The van der Waals surface area contributed by atoms with Crippen LogP contribution < -0.4 is 11.1 Å². The summed E-state index contributed by atoms with van der Waals surface area (Å²) in [5.41, 5.74) is 4.93. The molecule has 1 aliphatic carbocycles. The van der Waals surface area contributed by atoms with Crippen molar-refractivity contribution in [3.8, 4) is 0 Å². The second-order valence-corrected chi connectivity index (χ2v) is 5.83. The van der Waals surface area contributed by atoms with Crippen molar-refractivity contribution in [3.05, 3.63) is 0 Å². The lowest BCUT2D eigenvalue weighted by atomic mass is 9.87. The first-order valence-electron chi connectivity index (χ1n) is 6.83. The molecule has 1 atom stereocenters. The number of carbonyl (C=O) groups is 2. The minimum atomic E-state index is -0.412. The van der Waals surface area contributed by atoms with E-state index in [9.17, 15) is 9.59 Å². The fourth-order valence-corrected chi connectivity index (χ4v) is 3.10. The molecule has 1 saturated carbocycles. The zero-order chi connectivity index (χ0) is 13.2. The molecule has 2 fully saturated rings. The van der Waals surface area contributed by atoms with Gasteiger partial charge in [-0.3, -0.25) is 9.59 Å². The molecule has 5 heteroatoms. The summed E-state index contributed by atoms with van der Waals surface area (Å²) in [6.07, 6.45) is 5.13. The van der Waals surface area contributed by atoms with Gasteiger partial charge in [-0.1, -0.05) is 12.8 Å². The van der Waals surface area contributed by atoms with Gasteiger partial charge in [-0.15, -0.1) is 0 Å². The van der Waals surface area contributed by atoms with Gasteiger partial charge in [-0.25, -0.2) is 0 Å². The maximum absolute atomic E-state index is 12.7. The van der Waals surface area contributed by atoms with Crippen molar-refractivity contribution >= 4 is 11.8 Å². The lowest BCUT2D eigenvalue weighted by molar-refractivity contribution is -0.145. The van der Waals surface area contributed by atoms with E-state index in [-0.39, 0.29) is 23.9 Å². The molecule has 102 valence electrons. The summed E-state index contributed by atoms with van der Waals surface area (Å²) in [4.78, 5) is 25.6. The lowest BCUT2D eigenvalue weighted by Gasteiger charge is -2.34. The van der Waals surface area contributed by atoms with Crippen LogP contribution in [-0.2, 0) is 9.59 Å². The van der Waals surface area contributed by atoms with Crippen molar-refractivity contribution < 1.29 is 9.59 Å². The van der Waals surface area contributed by atoms with Crippen LogP contribution in [0.15, 0.2) is 0 Å². The number of nitrogens with two attached hydrogens (primary N) is 1. The number of nitrogens with one attached hydrogen (secondary N) is 1. The molecule has 1 saturated heterocycles. The highest BCUT2D eigenvalue weighted by atomic mass is 16.2. The van der Waals surface area contributed by atoms with E-state index in [1.165, 1.54) is 0 Å². The third-order valence-corrected chi connectivity index (χ3v) is 4.24. The van der Waals surface area contributed by atoms with Crippen LogP contribution in [-0.4, -0.2) is 42.4 Å². The molecular formula is C13H23N3O2. The first kappa shape index (κ1) is 13.3. The van der Waals surface area contributed by atoms with Crippen LogP contribution in [0.25, 0.3) is 0 Å². The molecule has 0 aromatic carbocycles. The van der Waals surface area contributed by atoms with E-state index < -0.39 is 5.91 Å². The zero-order valence-corrected chi connectivity index (χ0v) is 11.1. The maximum atomic E-state index is 12.7. The van der Waals surface area contributed by atoms with E-state index in [0.717, 1.165) is 38.6 Å². The van der Waals surface area contributed by atoms with Crippen molar-refractivity contribution in [1.82, 2.24) is 10.2 Å². The van der Waals surface area contributed by atoms with Gasteiger partial charge in [0.05, 0.1) is 12.0 Å². The Kier molecular flexibility index (Phi) is 3.90. The van der Waals surface area contributed by atoms with Crippen molar-refractivity contribution in [2.75, 3.05) is 19.6 Å². The fraction of sp³-hybridized carbons (Fsp3) is 0.846. The summed E-state index contributed by atoms with van der Waals surface area (Å²) in [5.74, 6) is -0.317. The summed E-state index contributed by atoms with van der Waals surface area (Å²) in [5, 5.41) is 3.23. The molecule has 18 heavy (non-hydrogen) atoms. The summed E-state index contributed by atoms with van der Waals surface area (Å²) in [6.45, 7) is 3.63. The van der Waals surface area contributed by atoms with Crippen molar-refractivity contribution in [2.45, 2.75) is 45.1 Å². The zero-order valence-electron chi connectivity index (χ0n) is 11.1. The molecule has 5 nitrogen and oxygen atoms in total. The Balaban J connectivity index is 2.11. The van der Waals surface area contributed by atoms with Gasteiger partial charge in [0.15, 0.2) is 0 Å². The molecule has 1 heterocycles. The molecule has 0 spiro atoms. The standard InChI is InChI=1S/C13H23N3O2/c1-13(6-7-15-9-13)12(18)16(8-11(14)17)10-4-2-3-5-10/h10,15H,2-9H2,1H3,(H2,14,17). The topological polar surface area (TPSA) is 75.4 Å². The number of carbonyl (C=O) groups excluding carboxylic acids is 2. The van der Waals surface area contributed by atoms with Crippen LogP contribution in [0.3, 0.4) is 0 Å². The number of hydrogen-bond donors (Lipinski definition) is 2. The van der Waals surface area contributed by atoms with E-state index in [0.29, 0.717) is 6.54 Å². The van der Waals surface area contributed by atoms with E-state index in [1.807, 2.05) is 6.92 Å². The largest absolute Gasteiger partial charge is 0.368 e. The van der Waals surface area contributed by atoms with E-state index in [2.05, 4.69) is 5.32 Å². The second kappa shape index (κ2) is 5.26. The average Bonchev–Trinajstić information content (AvgIpc) is 2.96. The Labute approximate surface area is 108 Å². The quantitative estimate of drug-likeness (QED) is 0.753. The van der Waals surface area contributed by atoms with E-state index in [4.69, 9.17) is 5.73 Å². The fourth-order valence-electron chi connectivity index (χ4n) is 3.10. The highest BCUT2D eigenvalue weighted by Crippen LogP contribution is 2.31. The summed E-state index contributed by atoms with van der Waals surface area (Å²) < 4.78 is 0. The molecule has 0 aromatic rings. The van der Waals surface area contributed by atoms with Crippen molar-refractivity contribution in [1.29, 1.82) is 0 Å². The van der Waals surface area contributed by atoms with Crippen LogP contribution in [0.4, 0.5) is 0 Å². The predicted molar refractivity (Wildman–Crippen MR) is 68.8 cm³/mol. The Bertz CT molecular complexity index is 331. The highest BCUT2D eigenvalue weighted by Gasteiger charge is 2.41. The van der Waals surface area contributed by atoms with Gasteiger partial charge in [0, 0.05) is 12.6 Å². The van der Waals surface area contributed by atoms with Crippen LogP contribution in [0.2, 0.25) is 0 Å². The molecule has 0 aromatic heterocycles. The van der Waals surface area contributed by atoms with Gasteiger partial charge in [0.25, 0.3) is 0 Å². The molecule has 2 amide bonds. The molecule has 1 unspecified atom stereocenters. The first-order chi connectivity index (χ1) is 8.53. The van der Waals surface area contributed by atoms with Crippen molar-refractivity contribution in [2.24, 2.45) is 11.1 Å². The number of primary amides is 1. The Morgan fingerprint density at radius 1 is 1.39 bits per heavy atom. The second-order valence-electron chi connectivity index (χ2n) is 5.83. The van der Waals surface area contributed by atoms with E-state index in [1.54, 1.807) is 4.90 Å². The third-order valence-electron chi connectivity index (χ3n) is 4.24. The van der Waals surface area contributed by atoms with Crippen LogP contribution in [0, 0.1) is 5.41 Å². The minimum Gasteiger partial charge on any atom is -0.368 e. The SMILES string of the molecule is CC1(C(=O)N(CC(N)=O)C2CCCC2)CCNC1. The maximum Gasteiger partial charge on any atom is 0.237 e. The van der Waals surface area contributed by atoms with E-state index >= 15 is 0 Å². The van der Waals surface area contributed by atoms with Gasteiger partial charge in [-0.2, -0.15) is 0 Å². The molecule has 2 rings (SSSR count). The van der Waals surface area contributed by atoms with Gasteiger partial charge in [0.2, 0.25) is 11.8 Å². The predicted octanol–water partition coefficient (Wildman–Crippen LogP) is 0.242. The summed E-state index contributed by atoms with van der Waals surface area (Å²) in [7, 11) is 0. The lowest BCUT2D eigenvalue weighted by Crippen LogP contribution is -2.50. The third kappa shape index (κ3) is 2.66. The highest BCUT2D eigenvalue weighted by molar-refractivity contribution is 5.88. The summed E-state index contributed by atoms with van der Waals surface area (Å²) in [6, 6.07) is 0.211. The number of rotatable bonds is 4. The molecule has 2 aliphatic rings. The summed E-state index contributed by atoms with van der Waals surface area (Å²) >= 11 is 0. The molecule has 0 radical (unpaired) electrons. The van der Waals surface area contributed by atoms with Crippen LogP contribution in [0.5, 0.6) is 0 Å². The molecule has 1 aliphatic heterocycles. The van der Waals surface area contributed by atoms with Gasteiger partial charge in [-0.05, 0) is 32.7 Å². The smallest absolute Gasteiger partial charge is 0.237 e. The molecule has 0 bridgehead atoms. The van der Waals surface area contributed by atoms with Crippen LogP contribution in [0.1, 0.15) is 39.0 Å². The normalized spacial score (nSPS) is 28.5. The number of nitrogens with zero attached hydrogens (tertiary/aromatic N) is 1. The first-order valence-corrected chi connectivity index (χ1v) is 6.83. The van der Waals surface area contributed by atoms with Crippen molar-refractivity contribution in [3.63, 3.8) is 0 Å². The average molecular weight is 253 g/mol. The number of amides is 2. The molecule has 3 N–H and O–H groups in total. The minimum absolute atomic E-state index is 0.0685. The van der Waals surface area contributed by atoms with Crippen LogP contribution >= 0.6 is 0 Å². The van der Waals surface area contributed by atoms with Gasteiger partial charge >= 0.3 is 0 Å². The van der Waals surface area contributed by atoms with Gasteiger partial charge < -0.3 is 16.0 Å².